The van der Waals surface area contributed by atoms with E-state index in [1.807, 2.05) is 17.6 Å². The fraction of sp³-hybridized carbons (Fsp3) is 0.500. The Bertz CT molecular complexity index is 624. The van der Waals surface area contributed by atoms with E-state index in [0.29, 0.717) is 0 Å². The normalized spacial score (nSPS) is 11.7. The van der Waals surface area contributed by atoms with Crippen molar-refractivity contribution in [1.82, 2.24) is 19.9 Å². The largest absolute Gasteiger partial charge is 0.303 e. The van der Waals surface area contributed by atoms with Crippen molar-refractivity contribution in [2.24, 2.45) is 0 Å². The second kappa shape index (κ2) is 12.2. The van der Waals surface area contributed by atoms with Crippen LogP contribution >= 0.6 is 0 Å². The number of amides is 1. The van der Waals surface area contributed by atoms with Gasteiger partial charge in [0.1, 0.15) is 5.82 Å². The first-order valence-electron chi connectivity index (χ1n) is 9.28. The Morgan fingerprint density at radius 2 is 1.92 bits per heavy atom. The summed E-state index contributed by atoms with van der Waals surface area (Å²) in [5.74, 6) is 0.202. The maximum absolute atomic E-state index is 11.0. The molecule has 144 valence electrons. The predicted molar refractivity (Wildman–Crippen MR) is 107 cm³/mol. The van der Waals surface area contributed by atoms with E-state index >= 15 is 0 Å². The minimum atomic E-state index is -0.568. The lowest BCUT2D eigenvalue weighted by Crippen LogP contribution is -2.27. The van der Waals surface area contributed by atoms with E-state index in [1.54, 1.807) is 23.8 Å². The van der Waals surface area contributed by atoms with Crippen LogP contribution in [0, 0.1) is 6.92 Å². The quantitative estimate of drug-likeness (QED) is 0.258. The number of carbonyl (C=O) groups is 1. The number of rotatable bonds is 12. The highest BCUT2D eigenvalue weighted by molar-refractivity contribution is 5.86. The van der Waals surface area contributed by atoms with Crippen LogP contribution in [-0.2, 0) is 11.3 Å². The van der Waals surface area contributed by atoms with Crippen LogP contribution in [0.15, 0.2) is 24.8 Å². The van der Waals surface area contributed by atoms with Crippen molar-refractivity contribution in [2.45, 2.75) is 53.0 Å². The SMILES string of the molecule is C=Cn1c(/C=C/C=C/C(=O)NO)nc(C)c1CN(CCCC)CCCC. The van der Waals surface area contributed by atoms with Gasteiger partial charge in [-0.05, 0) is 38.9 Å². The molecule has 0 fully saturated rings. The smallest absolute Gasteiger partial charge is 0.267 e. The van der Waals surface area contributed by atoms with Gasteiger partial charge in [0.2, 0.25) is 0 Å². The fourth-order valence-electron chi connectivity index (χ4n) is 2.68. The first-order valence-corrected chi connectivity index (χ1v) is 9.28. The summed E-state index contributed by atoms with van der Waals surface area (Å²) in [6.07, 6.45) is 12.9. The molecular weight excluding hydrogens is 328 g/mol. The van der Waals surface area contributed by atoms with E-state index in [4.69, 9.17) is 5.21 Å². The van der Waals surface area contributed by atoms with Gasteiger partial charge in [0, 0.05) is 18.8 Å². The maximum Gasteiger partial charge on any atom is 0.267 e. The molecule has 6 heteroatoms. The fourth-order valence-corrected chi connectivity index (χ4v) is 2.68. The van der Waals surface area contributed by atoms with E-state index in [1.165, 1.54) is 31.8 Å². The highest BCUT2D eigenvalue weighted by Gasteiger charge is 2.14. The first kappa shape index (κ1) is 21.9. The molecule has 0 spiro atoms. The Morgan fingerprint density at radius 1 is 1.27 bits per heavy atom. The number of imidazole rings is 1. The summed E-state index contributed by atoms with van der Waals surface area (Å²) in [7, 11) is 0. The summed E-state index contributed by atoms with van der Waals surface area (Å²) >= 11 is 0. The zero-order valence-electron chi connectivity index (χ0n) is 16.2. The number of carbonyl (C=O) groups excluding carboxylic acids is 1. The van der Waals surface area contributed by atoms with Crippen LogP contribution < -0.4 is 5.48 Å². The van der Waals surface area contributed by atoms with Gasteiger partial charge in [-0.15, -0.1) is 0 Å². The van der Waals surface area contributed by atoms with E-state index in [-0.39, 0.29) is 0 Å². The lowest BCUT2D eigenvalue weighted by molar-refractivity contribution is -0.124. The third kappa shape index (κ3) is 6.98. The number of aryl methyl sites for hydroxylation is 1. The van der Waals surface area contributed by atoms with Crippen LogP contribution in [0.2, 0.25) is 0 Å². The van der Waals surface area contributed by atoms with Gasteiger partial charge >= 0.3 is 0 Å². The number of hydrogen-bond acceptors (Lipinski definition) is 4. The molecule has 6 nitrogen and oxygen atoms in total. The molecule has 2 N–H and O–H groups in total. The Morgan fingerprint density at radius 3 is 2.46 bits per heavy atom. The molecule has 0 saturated heterocycles. The van der Waals surface area contributed by atoms with Crippen molar-refractivity contribution in [3.63, 3.8) is 0 Å². The topological polar surface area (TPSA) is 70.4 Å². The molecule has 0 aliphatic carbocycles. The van der Waals surface area contributed by atoms with Gasteiger partial charge in [-0.25, -0.2) is 10.5 Å². The van der Waals surface area contributed by atoms with Crippen molar-refractivity contribution >= 4 is 18.2 Å². The summed E-state index contributed by atoms with van der Waals surface area (Å²) in [5.41, 5.74) is 3.68. The second-order valence-corrected chi connectivity index (χ2v) is 6.23. The van der Waals surface area contributed by atoms with Crippen LogP contribution in [0.4, 0.5) is 0 Å². The van der Waals surface area contributed by atoms with Crippen molar-refractivity contribution in [2.75, 3.05) is 13.1 Å². The molecule has 1 aromatic rings. The van der Waals surface area contributed by atoms with Crippen LogP contribution in [0.5, 0.6) is 0 Å². The third-order valence-electron chi connectivity index (χ3n) is 4.16. The number of unbranched alkanes of at least 4 members (excludes halogenated alkanes) is 2. The van der Waals surface area contributed by atoms with Crippen LogP contribution in [0.25, 0.3) is 12.3 Å². The van der Waals surface area contributed by atoms with Crippen LogP contribution in [-0.4, -0.2) is 38.7 Å². The molecule has 1 rings (SSSR count). The molecule has 0 unspecified atom stereocenters. The average molecular weight is 361 g/mol. The Hall–Kier alpha value is -2.18. The molecule has 0 aliphatic rings. The van der Waals surface area contributed by atoms with Gasteiger partial charge in [0.05, 0.1) is 11.4 Å². The second-order valence-electron chi connectivity index (χ2n) is 6.23. The summed E-state index contributed by atoms with van der Waals surface area (Å²) < 4.78 is 2.00. The molecule has 1 aromatic heterocycles. The van der Waals surface area contributed by atoms with Gasteiger partial charge in [-0.3, -0.25) is 14.9 Å². The molecule has 26 heavy (non-hydrogen) atoms. The Kier molecular flexibility index (Phi) is 10.3. The Balaban J connectivity index is 2.95. The molecule has 0 saturated carbocycles. The standard InChI is InChI=1S/C20H32N4O2/c1-5-8-14-23(15-9-6-2)16-18-17(4)21-19(24(18)7-3)12-10-11-13-20(25)22-26/h7,10-13,26H,3,5-6,8-9,14-16H2,1-2,4H3,(H,22,25)/b12-10+,13-11+. The highest BCUT2D eigenvalue weighted by atomic mass is 16.5. The number of allylic oxidation sites excluding steroid dienone is 2. The maximum atomic E-state index is 11.0. The Labute approximate surface area is 156 Å². The molecule has 0 aromatic carbocycles. The number of aromatic nitrogens is 2. The van der Waals surface area contributed by atoms with Gasteiger partial charge in [-0.1, -0.05) is 45.4 Å². The summed E-state index contributed by atoms with van der Waals surface area (Å²) in [6.45, 7) is 13.4. The number of nitrogens with one attached hydrogen (secondary N) is 1. The summed E-state index contributed by atoms with van der Waals surface area (Å²) in [4.78, 5) is 18.1. The van der Waals surface area contributed by atoms with Gasteiger partial charge in [-0.2, -0.15) is 0 Å². The zero-order valence-corrected chi connectivity index (χ0v) is 16.2. The van der Waals surface area contributed by atoms with Crippen LogP contribution in [0.3, 0.4) is 0 Å². The van der Waals surface area contributed by atoms with E-state index in [0.717, 1.165) is 36.8 Å². The van der Waals surface area contributed by atoms with Gasteiger partial charge in [0.25, 0.3) is 5.91 Å². The van der Waals surface area contributed by atoms with Gasteiger partial charge < -0.3 is 4.57 Å². The minimum absolute atomic E-state index is 0.568. The highest BCUT2D eigenvalue weighted by Crippen LogP contribution is 2.17. The molecule has 0 bridgehead atoms. The monoisotopic (exact) mass is 360 g/mol. The van der Waals surface area contributed by atoms with E-state index in [2.05, 4.69) is 30.3 Å². The first-order chi connectivity index (χ1) is 12.6. The van der Waals surface area contributed by atoms with Crippen molar-refractivity contribution in [3.05, 3.63) is 42.0 Å². The van der Waals surface area contributed by atoms with E-state index < -0.39 is 5.91 Å². The minimum Gasteiger partial charge on any atom is -0.303 e. The summed E-state index contributed by atoms with van der Waals surface area (Å²) in [5, 5.41) is 8.47. The number of hydroxylamine groups is 1. The predicted octanol–water partition coefficient (Wildman–Crippen LogP) is 3.77. The number of hydrogen-bond donors (Lipinski definition) is 2. The lowest BCUT2D eigenvalue weighted by Gasteiger charge is -2.22. The molecule has 1 amide bonds. The molecule has 0 aliphatic heterocycles. The molecule has 0 atom stereocenters. The van der Waals surface area contributed by atoms with Gasteiger partial charge in [0.15, 0.2) is 0 Å². The summed E-state index contributed by atoms with van der Waals surface area (Å²) in [6, 6.07) is 0. The molecule has 1 heterocycles. The molecule has 0 radical (unpaired) electrons. The van der Waals surface area contributed by atoms with Crippen LogP contribution in [0.1, 0.15) is 56.7 Å². The van der Waals surface area contributed by atoms with E-state index in [9.17, 15) is 4.79 Å². The van der Waals surface area contributed by atoms with Crippen molar-refractivity contribution < 1.29 is 10.0 Å². The lowest BCUT2D eigenvalue weighted by atomic mass is 10.2. The zero-order chi connectivity index (χ0) is 19.4. The number of nitrogens with zero attached hydrogens (tertiary/aromatic N) is 3. The molecular formula is C20H32N4O2. The van der Waals surface area contributed by atoms with Crippen molar-refractivity contribution in [1.29, 1.82) is 0 Å². The average Bonchev–Trinajstić information content (AvgIpc) is 2.95. The van der Waals surface area contributed by atoms with Crippen molar-refractivity contribution in [3.8, 4) is 0 Å². The third-order valence-corrected chi connectivity index (χ3v) is 4.16.